The van der Waals surface area contributed by atoms with Crippen molar-refractivity contribution in [2.45, 2.75) is 45.8 Å². The lowest BCUT2D eigenvalue weighted by Gasteiger charge is -2.22. The predicted molar refractivity (Wildman–Crippen MR) is 176 cm³/mol. The van der Waals surface area contributed by atoms with Crippen LogP contribution in [0.15, 0.2) is 66.7 Å². The molecule has 10 heteroatoms. The van der Waals surface area contributed by atoms with Gasteiger partial charge >= 0.3 is 6.18 Å². The Labute approximate surface area is 268 Å². The van der Waals surface area contributed by atoms with Crippen LogP contribution in [0.5, 0.6) is 11.5 Å². The maximum absolute atomic E-state index is 13.7. The number of carbonyl (C=O) groups excluding carboxylic acids is 1. The molecular weight excluding hydrogens is 593 g/mol. The second-order valence-electron chi connectivity index (χ2n) is 11.6. The molecule has 7 nitrogen and oxygen atoms in total. The minimum Gasteiger partial charge on any atom is -0.486 e. The van der Waals surface area contributed by atoms with E-state index in [0.717, 1.165) is 29.7 Å². The number of ether oxygens (including phenoxy) is 2. The highest BCUT2D eigenvalue weighted by molar-refractivity contribution is 6.08. The van der Waals surface area contributed by atoms with E-state index in [1.165, 1.54) is 38.1 Å². The number of halogens is 3. The molecule has 1 amide bonds. The van der Waals surface area contributed by atoms with Gasteiger partial charge in [0.2, 0.25) is 0 Å². The Morgan fingerprint density at radius 1 is 0.913 bits per heavy atom. The van der Waals surface area contributed by atoms with Gasteiger partial charge in [0, 0.05) is 25.0 Å². The number of rotatable bonds is 8. The molecule has 3 aromatic carbocycles. The van der Waals surface area contributed by atoms with E-state index >= 15 is 0 Å². The van der Waals surface area contributed by atoms with E-state index in [4.69, 9.17) is 14.5 Å². The molecule has 4 aromatic rings. The van der Waals surface area contributed by atoms with E-state index in [0.29, 0.717) is 65.6 Å². The number of benzene rings is 3. The number of hydrogen-bond donors (Lipinski definition) is 1. The number of likely N-dealkylation sites (tertiary alicyclic amines) is 1. The maximum atomic E-state index is 13.7. The first-order valence-corrected chi connectivity index (χ1v) is 15.9. The Balaban J connectivity index is 0.000000624. The summed E-state index contributed by atoms with van der Waals surface area (Å²) in [4.78, 5) is 22.6. The van der Waals surface area contributed by atoms with E-state index < -0.39 is 11.7 Å². The SMILES string of the molecule is CCCN(CC)C(=O)c1cc(NCc2ccc(C(F)(F)F)cc2)nc2ccc(-c3ccc4c(c3)OCCO4)cc12.CN1CCCC1. The third-order valence-electron chi connectivity index (χ3n) is 8.16. The summed E-state index contributed by atoms with van der Waals surface area (Å²) in [6, 6.07) is 18.3. The van der Waals surface area contributed by atoms with Crippen LogP contribution in [0.3, 0.4) is 0 Å². The molecule has 1 fully saturated rings. The largest absolute Gasteiger partial charge is 0.486 e. The first-order valence-electron chi connectivity index (χ1n) is 15.9. The van der Waals surface area contributed by atoms with E-state index in [-0.39, 0.29) is 12.5 Å². The number of carbonyl (C=O) groups is 1. The topological polar surface area (TPSA) is 66.9 Å². The number of nitrogens with zero attached hydrogens (tertiary/aromatic N) is 3. The van der Waals surface area contributed by atoms with Crippen LogP contribution in [0.25, 0.3) is 22.0 Å². The molecule has 3 heterocycles. The van der Waals surface area contributed by atoms with Crippen molar-refractivity contribution in [2.24, 2.45) is 0 Å². The second kappa shape index (κ2) is 14.9. The quantitative estimate of drug-likeness (QED) is 0.213. The highest BCUT2D eigenvalue weighted by Gasteiger charge is 2.30. The number of fused-ring (bicyclic) bond motifs is 2. The average Bonchev–Trinajstić information content (AvgIpc) is 3.56. The number of hydrogen-bond acceptors (Lipinski definition) is 6. The fourth-order valence-electron chi connectivity index (χ4n) is 5.62. The van der Waals surface area contributed by atoms with E-state index in [1.807, 2.05) is 50.2 Å². The zero-order chi connectivity index (χ0) is 32.7. The lowest BCUT2D eigenvalue weighted by atomic mass is 9.99. The van der Waals surface area contributed by atoms with Crippen molar-refractivity contribution >= 4 is 22.6 Å². The van der Waals surface area contributed by atoms with Crippen LogP contribution in [-0.2, 0) is 12.7 Å². The smallest absolute Gasteiger partial charge is 0.416 e. The Bertz CT molecular complexity index is 1640. The lowest BCUT2D eigenvalue weighted by molar-refractivity contribution is -0.137. The average molecular weight is 635 g/mol. The predicted octanol–water partition coefficient (Wildman–Crippen LogP) is 7.89. The molecule has 0 aliphatic carbocycles. The summed E-state index contributed by atoms with van der Waals surface area (Å²) in [7, 11) is 2.17. The molecule has 6 rings (SSSR count). The molecule has 0 bridgehead atoms. The van der Waals surface area contributed by atoms with Crippen molar-refractivity contribution in [3.05, 3.63) is 83.4 Å². The summed E-state index contributed by atoms with van der Waals surface area (Å²) in [5, 5.41) is 3.90. The molecule has 1 aromatic heterocycles. The van der Waals surface area contributed by atoms with Crippen molar-refractivity contribution in [1.29, 1.82) is 0 Å². The van der Waals surface area contributed by atoms with Gasteiger partial charge in [0.25, 0.3) is 5.91 Å². The highest BCUT2D eigenvalue weighted by atomic mass is 19.4. The van der Waals surface area contributed by atoms with Gasteiger partial charge in [-0.25, -0.2) is 4.98 Å². The first kappa shape index (κ1) is 33.1. The van der Waals surface area contributed by atoms with Gasteiger partial charge in [0.15, 0.2) is 11.5 Å². The van der Waals surface area contributed by atoms with Crippen LogP contribution >= 0.6 is 0 Å². The van der Waals surface area contributed by atoms with Gasteiger partial charge in [0.05, 0.1) is 16.6 Å². The van der Waals surface area contributed by atoms with Crippen LogP contribution in [0.4, 0.5) is 19.0 Å². The zero-order valence-corrected chi connectivity index (χ0v) is 26.6. The molecule has 0 saturated carbocycles. The molecule has 46 heavy (non-hydrogen) atoms. The molecule has 1 saturated heterocycles. The van der Waals surface area contributed by atoms with Gasteiger partial charge in [-0.3, -0.25) is 4.79 Å². The lowest BCUT2D eigenvalue weighted by Crippen LogP contribution is -2.31. The van der Waals surface area contributed by atoms with E-state index in [9.17, 15) is 18.0 Å². The van der Waals surface area contributed by atoms with Crippen molar-refractivity contribution in [2.75, 3.05) is 51.8 Å². The number of pyridine rings is 1. The Morgan fingerprint density at radius 3 is 2.22 bits per heavy atom. The van der Waals surface area contributed by atoms with Crippen molar-refractivity contribution in [3.63, 3.8) is 0 Å². The molecule has 0 radical (unpaired) electrons. The minimum atomic E-state index is -4.39. The van der Waals surface area contributed by atoms with Crippen molar-refractivity contribution in [3.8, 4) is 22.6 Å². The van der Waals surface area contributed by atoms with Gasteiger partial charge in [-0.05, 0) is 105 Å². The van der Waals surface area contributed by atoms with Crippen LogP contribution in [-0.4, -0.2) is 67.1 Å². The van der Waals surface area contributed by atoms with Crippen LogP contribution < -0.4 is 14.8 Å². The summed E-state index contributed by atoms with van der Waals surface area (Å²) in [6.07, 6.45) is -0.736. The Hall–Kier alpha value is -4.31. The molecule has 2 aliphatic heterocycles. The molecule has 0 spiro atoms. The maximum Gasteiger partial charge on any atom is 0.416 e. The molecular formula is C36H41F3N4O3. The first-order chi connectivity index (χ1) is 22.2. The van der Waals surface area contributed by atoms with E-state index in [1.54, 1.807) is 11.0 Å². The molecule has 2 aliphatic rings. The molecule has 0 unspecified atom stereocenters. The number of amides is 1. The minimum absolute atomic E-state index is 0.103. The normalized spacial score (nSPS) is 14.5. The Kier molecular flexibility index (Phi) is 10.7. The third-order valence-corrected chi connectivity index (χ3v) is 8.16. The van der Waals surface area contributed by atoms with Gasteiger partial charge in [-0.2, -0.15) is 13.2 Å². The fraction of sp³-hybridized carbons (Fsp3) is 0.389. The van der Waals surface area contributed by atoms with Gasteiger partial charge in [0.1, 0.15) is 19.0 Å². The Morgan fingerprint density at radius 2 is 1.59 bits per heavy atom. The number of alkyl halides is 3. The highest BCUT2D eigenvalue weighted by Crippen LogP contribution is 2.36. The molecule has 1 N–H and O–H groups in total. The summed E-state index contributed by atoms with van der Waals surface area (Å²) in [6.45, 7) is 9.05. The van der Waals surface area contributed by atoms with Crippen molar-refractivity contribution in [1.82, 2.24) is 14.8 Å². The number of anilines is 1. The third kappa shape index (κ3) is 8.09. The zero-order valence-electron chi connectivity index (χ0n) is 26.6. The summed E-state index contributed by atoms with van der Waals surface area (Å²) < 4.78 is 50.2. The molecule has 0 atom stereocenters. The molecule has 244 valence electrons. The van der Waals surface area contributed by atoms with Crippen LogP contribution in [0, 0.1) is 0 Å². The second-order valence-corrected chi connectivity index (χ2v) is 11.6. The van der Waals surface area contributed by atoms with Gasteiger partial charge in [-0.1, -0.05) is 31.2 Å². The summed E-state index contributed by atoms with van der Waals surface area (Å²) >= 11 is 0. The van der Waals surface area contributed by atoms with Crippen molar-refractivity contribution < 1.29 is 27.4 Å². The van der Waals surface area contributed by atoms with Gasteiger partial charge < -0.3 is 24.6 Å². The standard InChI is InChI=1S/C31H30F3N3O3.C5H11N/c1-3-13-37(4-2)30(38)25-18-29(35-19-20-5-9-23(10-6-20)31(32,33)34)36-26-11-7-21(16-24(25)26)22-8-12-27-28(17-22)40-15-14-39-27;1-6-4-2-3-5-6/h5-12,16-18H,3-4,13-15,19H2,1-2H3,(H,35,36);2-5H2,1H3. The number of nitrogens with one attached hydrogen (secondary N) is 1. The van der Waals surface area contributed by atoms with E-state index in [2.05, 4.69) is 17.3 Å². The van der Waals surface area contributed by atoms with Gasteiger partial charge in [-0.15, -0.1) is 0 Å². The van der Waals surface area contributed by atoms with Crippen LogP contribution in [0.2, 0.25) is 0 Å². The fourth-order valence-corrected chi connectivity index (χ4v) is 5.62. The monoisotopic (exact) mass is 634 g/mol. The summed E-state index contributed by atoms with van der Waals surface area (Å²) in [5.74, 6) is 1.75. The summed E-state index contributed by atoms with van der Waals surface area (Å²) in [5.41, 5.74) is 2.94. The number of aromatic nitrogens is 1. The van der Waals surface area contributed by atoms with Crippen LogP contribution in [0.1, 0.15) is 54.6 Å².